The van der Waals surface area contributed by atoms with Crippen LogP contribution < -0.4 is 4.72 Å². The molecular weight excluding hydrogens is 248 g/mol. The average molecular weight is 262 g/mol. The summed E-state index contributed by atoms with van der Waals surface area (Å²) in [7, 11) is -2.21. The molecule has 0 radical (unpaired) electrons. The molecule has 1 aromatic heterocycles. The second-order valence-electron chi connectivity index (χ2n) is 3.42. The average Bonchev–Trinajstić information content (AvgIpc) is 2.56. The van der Waals surface area contributed by atoms with Gasteiger partial charge in [-0.25, -0.2) is 13.2 Å². The highest BCUT2D eigenvalue weighted by molar-refractivity contribution is 7.92. The fourth-order valence-corrected chi connectivity index (χ4v) is 2.28. The van der Waals surface area contributed by atoms with Gasteiger partial charge in [-0.1, -0.05) is 0 Å². The van der Waals surface area contributed by atoms with Crippen LogP contribution in [0.3, 0.4) is 0 Å². The van der Waals surface area contributed by atoms with Gasteiger partial charge in [0.1, 0.15) is 5.56 Å². The summed E-state index contributed by atoms with van der Waals surface area (Å²) >= 11 is 0. The Balaban J connectivity index is 2.92. The third-order valence-corrected chi connectivity index (χ3v) is 3.35. The number of hydrogen-bond acceptors (Lipinski definition) is 4. The van der Waals surface area contributed by atoms with Crippen molar-refractivity contribution in [3.8, 4) is 0 Å². The number of H-pyrrole nitrogens is 1. The van der Waals surface area contributed by atoms with Crippen LogP contribution in [-0.4, -0.2) is 43.9 Å². The Morgan fingerprint density at radius 1 is 1.59 bits per heavy atom. The lowest BCUT2D eigenvalue weighted by Gasteiger charge is -2.06. The number of methoxy groups -OCH3 is 1. The molecule has 1 heterocycles. The molecule has 0 spiro atoms. The number of carbonyl (C=O) groups is 1. The first-order chi connectivity index (χ1) is 7.87. The summed E-state index contributed by atoms with van der Waals surface area (Å²) in [5.41, 5.74) is 0.346. The van der Waals surface area contributed by atoms with Crippen molar-refractivity contribution in [2.24, 2.45) is 0 Å². The monoisotopic (exact) mass is 262 g/mol. The number of sulfonamides is 1. The molecule has 1 aromatic rings. The number of anilines is 1. The lowest BCUT2D eigenvalue weighted by molar-refractivity contribution is 0.0697. The normalized spacial score (nSPS) is 11.4. The topological polar surface area (TPSA) is 108 Å². The summed E-state index contributed by atoms with van der Waals surface area (Å²) in [5, 5.41) is 8.93. The highest BCUT2D eigenvalue weighted by atomic mass is 32.2. The number of nitrogens with one attached hydrogen (secondary N) is 2. The summed E-state index contributed by atoms with van der Waals surface area (Å²) in [6.45, 7) is 1.59. The molecular formula is C9H14N2O5S. The summed E-state index contributed by atoms with van der Waals surface area (Å²) in [6.07, 6.45) is 1.31. The Kier molecular flexibility index (Phi) is 4.13. The Hall–Kier alpha value is -1.54. The Bertz CT molecular complexity index is 505. The molecule has 0 amide bonds. The maximum Gasteiger partial charge on any atom is 0.339 e. The Morgan fingerprint density at radius 3 is 2.76 bits per heavy atom. The van der Waals surface area contributed by atoms with E-state index < -0.39 is 16.0 Å². The molecule has 0 saturated heterocycles. The molecule has 0 aliphatic carbocycles. The fourth-order valence-electron chi connectivity index (χ4n) is 1.29. The van der Waals surface area contributed by atoms with Gasteiger partial charge >= 0.3 is 5.97 Å². The van der Waals surface area contributed by atoms with Gasteiger partial charge in [-0.2, -0.15) is 0 Å². The summed E-state index contributed by atoms with van der Waals surface area (Å²) < 4.78 is 29.9. The van der Waals surface area contributed by atoms with Gasteiger partial charge in [-0.15, -0.1) is 0 Å². The van der Waals surface area contributed by atoms with Crippen LogP contribution in [-0.2, 0) is 14.8 Å². The SMILES string of the molecule is COCCS(=O)(=O)Nc1c[nH]c(C)c1C(=O)O. The quantitative estimate of drug-likeness (QED) is 0.688. The van der Waals surface area contributed by atoms with Crippen molar-refractivity contribution in [1.29, 1.82) is 0 Å². The predicted molar refractivity (Wildman–Crippen MR) is 61.8 cm³/mol. The zero-order valence-corrected chi connectivity index (χ0v) is 10.3. The highest BCUT2D eigenvalue weighted by Crippen LogP contribution is 2.20. The molecule has 96 valence electrons. The van der Waals surface area contributed by atoms with Crippen molar-refractivity contribution in [2.75, 3.05) is 24.2 Å². The van der Waals surface area contributed by atoms with E-state index in [9.17, 15) is 13.2 Å². The minimum atomic E-state index is -3.60. The van der Waals surface area contributed by atoms with E-state index >= 15 is 0 Å². The molecule has 0 unspecified atom stereocenters. The second-order valence-corrected chi connectivity index (χ2v) is 5.26. The standard InChI is InChI=1S/C9H14N2O5S/c1-6-8(9(12)13)7(5-10-6)11-17(14,15)4-3-16-2/h5,10-11H,3-4H2,1-2H3,(H,12,13). The molecule has 17 heavy (non-hydrogen) atoms. The highest BCUT2D eigenvalue weighted by Gasteiger charge is 2.19. The molecule has 7 nitrogen and oxygen atoms in total. The van der Waals surface area contributed by atoms with E-state index in [0.717, 1.165) is 0 Å². The van der Waals surface area contributed by atoms with Crippen LogP contribution in [0, 0.1) is 6.92 Å². The summed E-state index contributed by atoms with van der Waals surface area (Å²) in [4.78, 5) is 13.6. The number of carboxylic acid groups (broad SMARTS) is 1. The fraction of sp³-hybridized carbons (Fsp3) is 0.444. The first-order valence-electron chi connectivity index (χ1n) is 4.78. The molecule has 0 atom stereocenters. The van der Waals surface area contributed by atoms with Gasteiger partial charge in [-0.3, -0.25) is 4.72 Å². The van der Waals surface area contributed by atoms with Crippen LogP contribution in [0.25, 0.3) is 0 Å². The smallest absolute Gasteiger partial charge is 0.339 e. The third kappa shape index (κ3) is 3.46. The van der Waals surface area contributed by atoms with Gasteiger partial charge in [0.05, 0.1) is 18.0 Å². The third-order valence-electron chi connectivity index (χ3n) is 2.11. The molecule has 0 aliphatic rings. The van der Waals surface area contributed by atoms with Crippen molar-refractivity contribution in [3.05, 3.63) is 17.5 Å². The molecule has 3 N–H and O–H groups in total. The van der Waals surface area contributed by atoms with Gasteiger partial charge in [0.2, 0.25) is 10.0 Å². The van der Waals surface area contributed by atoms with Crippen molar-refractivity contribution in [3.63, 3.8) is 0 Å². The number of aromatic amines is 1. The van der Waals surface area contributed by atoms with E-state index in [2.05, 4.69) is 14.4 Å². The maximum absolute atomic E-state index is 11.5. The van der Waals surface area contributed by atoms with E-state index in [0.29, 0.717) is 5.69 Å². The first-order valence-corrected chi connectivity index (χ1v) is 6.43. The number of ether oxygens (including phenoxy) is 1. The Labute approximate surface area is 98.8 Å². The van der Waals surface area contributed by atoms with Gasteiger partial charge in [0.25, 0.3) is 0 Å². The van der Waals surface area contributed by atoms with Crippen molar-refractivity contribution < 1.29 is 23.1 Å². The van der Waals surface area contributed by atoms with Gasteiger partial charge in [0, 0.05) is 19.0 Å². The molecule has 0 bridgehead atoms. The number of aromatic carboxylic acids is 1. The van der Waals surface area contributed by atoms with E-state index in [-0.39, 0.29) is 23.6 Å². The van der Waals surface area contributed by atoms with E-state index in [1.165, 1.54) is 13.3 Å². The molecule has 1 rings (SSSR count). The van der Waals surface area contributed by atoms with E-state index in [4.69, 9.17) is 5.11 Å². The molecule has 0 saturated carbocycles. The van der Waals surface area contributed by atoms with Crippen LogP contribution in [0.4, 0.5) is 5.69 Å². The molecule has 0 fully saturated rings. The van der Waals surface area contributed by atoms with Crippen molar-refractivity contribution in [1.82, 2.24) is 4.98 Å². The Morgan fingerprint density at radius 2 is 2.24 bits per heavy atom. The largest absolute Gasteiger partial charge is 0.478 e. The van der Waals surface area contributed by atoms with Gasteiger partial charge in [-0.05, 0) is 6.92 Å². The summed E-state index contributed by atoms with van der Waals surface area (Å²) in [6, 6.07) is 0. The second kappa shape index (κ2) is 5.19. The van der Waals surface area contributed by atoms with E-state index in [1.54, 1.807) is 6.92 Å². The maximum atomic E-state index is 11.5. The number of aromatic nitrogens is 1. The molecule has 8 heteroatoms. The first kappa shape index (κ1) is 13.5. The minimum Gasteiger partial charge on any atom is -0.478 e. The zero-order chi connectivity index (χ0) is 13.1. The lowest BCUT2D eigenvalue weighted by Crippen LogP contribution is -2.20. The number of hydrogen-bond donors (Lipinski definition) is 3. The van der Waals surface area contributed by atoms with Gasteiger partial charge in [0.15, 0.2) is 0 Å². The zero-order valence-electron chi connectivity index (χ0n) is 9.48. The lowest BCUT2D eigenvalue weighted by atomic mass is 10.2. The van der Waals surface area contributed by atoms with Crippen molar-refractivity contribution >= 4 is 21.7 Å². The molecule has 0 aliphatic heterocycles. The number of aryl methyl sites for hydroxylation is 1. The summed E-state index contributed by atoms with van der Waals surface area (Å²) in [5.74, 6) is -1.42. The minimum absolute atomic E-state index is 0.0334. The van der Waals surface area contributed by atoms with E-state index in [1.807, 2.05) is 0 Å². The van der Waals surface area contributed by atoms with Crippen LogP contribution in [0.15, 0.2) is 6.20 Å². The van der Waals surface area contributed by atoms with Crippen LogP contribution in [0.2, 0.25) is 0 Å². The predicted octanol–water partition coefficient (Wildman–Crippen LogP) is 0.409. The van der Waals surface area contributed by atoms with Gasteiger partial charge < -0.3 is 14.8 Å². The number of carboxylic acids is 1. The van der Waals surface area contributed by atoms with Crippen LogP contribution in [0.1, 0.15) is 16.1 Å². The van der Waals surface area contributed by atoms with Crippen molar-refractivity contribution in [2.45, 2.75) is 6.92 Å². The van der Waals surface area contributed by atoms with Crippen LogP contribution >= 0.6 is 0 Å². The van der Waals surface area contributed by atoms with Crippen LogP contribution in [0.5, 0.6) is 0 Å². The molecule has 0 aromatic carbocycles. The number of rotatable bonds is 6.